The summed E-state index contributed by atoms with van der Waals surface area (Å²) in [5, 5.41) is -0.0204. The third-order valence-electron chi connectivity index (χ3n) is 2.80. The van der Waals surface area contributed by atoms with Crippen molar-refractivity contribution in [1.29, 1.82) is 0 Å². The van der Waals surface area contributed by atoms with Crippen LogP contribution in [0.4, 0.5) is 4.39 Å². The first-order valence-corrected chi connectivity index (χ1v) is 6.61. The van der Waals surface area contributed by atoms with Gasteiger partial charge in [0.2, 0.25) is 0 Å². The smallest absolute Gasteiger partial charge is 0.123 e. The highest BCUT2D eigenvalue weighted by Crippen LogP contribution is 2.33. The van der Waals surface area contributed by atoms with Crippen LogP contribution in [-0.2, 0) is 0 Å². The average molecular weight is 257 g/mol. The molecule has 2 unspecified atom stereocenters. The molecule has 0 aliphatic heterocycles. The zero-order valence-electron chi connectivity index (χ0n) is 11.1. The van der Waals surface area contributed by atoms with Gasteiger partial charge in [-0.3, -0.25) is 0 Å². The van der Waals surface area contributed by atoms with Crippen molar-refractivity contribution < 1.29 is 4.39 Å². The summed E-state index contributed by atoms with van der Waals surface area (Å²) in [7, 11) is 0. The topological polar surface area (TPSA) is 0 Å². The van der Waals surface area contributed by atoms with Gasteiger partial charge in [-0.2, -0.15) is 0 Å². The Morgan fingerprint density at radius 3 is 2.18 bits per heavy atom. The Balaban J connectivity index is 2.54. The van der Waals surface area contributed by atoms with E-state index in [1.54, 1.807) is 12.1 Å². The SMILES string of the molecule is CC(CC(Cl)c1ccc(F)cc1)CC(C)(C)C. The standard InChI is InChI=1S/C15H22ClF/c1-11(10-15(2,3)4)9-14(16)12-5-7-13(17)8-6-12/h5-8,11,14H,9-10H2,1-4H3. The van der Waals surface area contributed by atoms with E-state index in [0.717, 1.165) is 18.4 Å². The van der Waals surface area contributed by atoms with Crippen molar-refractivity contribution in [3.63, 3.8) is 0 Å². The molecule has 0 amide bonds. The molecule has 0 radical (unpaired) electrons. The summed E-state index contributed by atoms with van der Waals surface area (Å²) >= 11 is 6.36. The van der Waals surface area contributed by atoms with Crippen LogP contribution in [0.15, 0.2) is 24.3 Å². The average Bonchev–Trinajstić information content (AvgIpc) is 2.15. The van der Waals surface area contributed by atoms with E-state index in [-0.39, 0.29) is 11.2 Å². The summed E-state index contributed by atoms with van der Waals surface area (Å²) in [6.07, 6.45) is 2.09. The summed E-state index contributed by atoms with van der Waals surface area (Å²) in [6, 6.07) is 6.49. The number of benzene rings is 1. The van der Waals surface area contributed by atoms with Crippen molar-refractivity contribution in [2.24, 2.45) is 11.3 Å². The maximum atomic E-state index is 12.8. The van der Waals surface area contributed by atoms with Crippen LogP contribution in [0.25, 0.3) is 0 Å². The molecule has 0 saturated heterocycles. The minimum Gasteiger partial charge on any atom is -0.207 e. The van der Waals surface area contributed by atoms with Crippen molar-refractivity contribution in [2.75, 3.05) is 0 Å². The normalized spacial score (nSPS) is 15.6. The molecule has 0 heterocycles. The van der Waals surface area contributed by atoms with E-state index >= 15 is 0 Å². The number of rotatable bonds is 4. The third-order valence-corrected chi connectivity index (χ3v) is 3.23. The quantitative estimate of drug-likeness (QED) is 0.618. The van der Waals surface area contributed by atoms with Gasteiger partial charge in [-0.25, -0.2) is 4.39 Å². The van der Waals surface area contributed by atoms with Crippen molar-refractivity contribution in [1.82, 2.24) is 0 Å². The molecule has 0 aromatic heterocycles. The van der Waals surface area contributed by atoms with Crippen LogP contribution in [0, 0.1) is 17.2 Å². The van der Waals surface area contributed by atoms with Crippen molar-refractivity contribution in [2.45, 2.75) is 45.9 Å². The summed E-state index contributed by atoms with van der Waals surface area (Å²) in [6.45, 7) is 8.95. The number of hydrogen-bond acceptors (Lipinski definition) is 0. The van der Waals surface area contributed by atoms with E-state index in [0.29, 0.717) is 11.3 Å². The Morgan fingerprint density at radius 1 is 1.18 bits per heavy atom. The lowest BCUT2D eigenvalue weighted by molar-refractivity contribution is 0.295. The lowest BCUT2D eigenvalue weighted by Crippen LogP contribution is -2.12. The molecule has 0 aliphatic rings. The first-order valence-electron chi connectivity index (χ1n) is 6.17. The van der Waals surface area contributed by atoms with E-state index < -0.39 is 0 Å². The van der Waals surface area contributed by atoms with Crippen molar-refractivity contribution in [3.8, 4) is 0 Å². The molecule has 96 valence electrons. The van der Waals surface area contributed by atoms with Gasteiger partial charge in [-0.1, -0.05) is 39.8 Å². The fourth-order valence-electron chi connectivity index (χ4n) is 2.29. The van der Waals surface area contributed by atoms with E-state index in [1.165, 1.54) is 12.1 Å². The Bertz CT molecular complexity index is 337. The molecule has 0 fully saturated rings. The van der Waals surface area contributed by atoms with Gasteiger partial charge in [-0.15, -0.1) is 11.6 Å². The lowest BCUT2D eigenvalue weighted by atomic mass is 9.83. The zero-order valence-corrected chi connectivity index (χ0v) is 11.9. The third kappa shape index (κ3) is 5.54. The van der Waals surface area contributed by atoms with E-state index in [9.17, 15) is 4.39 Å². The zero-order chi connectivity index (χ0) is 13.1. The predicted molar refractivity (Wildman–Crippen MR) is 72.8 cm³/mol. The molecule has 0 spiro atoms. The highest BCUT2D eigenvalue weighted by molar-refractivity contribution is 6.20. The Hall–Kier alpha value is -0.560. The molecule has 0 bridgehead atoms. The summed E-state index contributed by atoms with van der Waals surface area (Å²) in [4.78, 5) is 0. The molecule has 1 aromatic rings. The molecule has 2 atom stereocenters. The van der Waals surface area contributed by atoms with Gasteiger partial charge in [0.25, 0.3) is 0 Å². The molecule has 1 rings (SSSR count). The molecular weight excluding hydrogens is 235 g/mol. The van der Waals surface area contributed by atoms with Crippen LogP contribution < -0.4 is 0 Å². The Kier molecular flexibility index (Phi) is 5.00. The molecule has 0 aliphatic carbocycles. The van der Waals surface area contributed by atoms with Crippen LogP contribution in [0.3, 0.4) is 0 Å². The molecule has 0 N–H and O–H groups in total. The molecule has 1 aromatic carbocycles. The van der Waals surface area contributed by atoms with Gasteiger partial charge in [-0.05, 0) is 41.9 Å². The summed E-state index contributed by atoms with van der Waals surface area (Å²) < 4.78 is 12.8. The number of alkyl halides is 1. The van der Waals surface area contributed by atoms with E-state index in [2.05, 4.69) is 27.7 Å². The van der Waals surface area contributed by atoms with Gasteiger partial charge in [0.05, 0.1) is 5.38 Å². The largest absolute Gasteiger partial charge is 0.207 e. The fraction of sp³-hybridized carbons (Fsp3) is 0.600. The molecule has 0 nitrogen and oxygen atoms in total. The van der Waals surface area contributed by atoms with Crippen LogP contribution in [-0.4, -0.2) is 0 Å². The second kappa shape index (κ2) is 5.86. The second-order valence-electron chi connectivity index (χ2n) is 6.12. The lowest BCUT2D eigenvalue weighted by Gasteiger charge is -2.24. The monoisotopic (exact) mass is 256 g/mol. The van der Waals surface area contributed by atoms with E-state index in [1.807, 2.05) is 0 Å². The second-order valence-corrected chi connectivity index (χ2v) is 6.65. The number of halogens is 2. The minimum absolute atomic E-state index is 0.0204. The van der Waals surface area contributed by atoms with E-state index in [4.69, 9.17) is 11.6 Å². The highest BCUT2D eigenvalue weighted by atomic mass is 35.5. The first kappa shape index (κ1) is 14.5. The maximum absolute atomic E-state index is 12.8. The Morgan fingerprint density at radius 2 is 1.71 bits per heavy atom. The number of hydrogen-bond donors (Lipinski definition) is 0. The molecule has 0 saturated carbocycles. The van der Waals surface area contributed by atoms with Crippen molar-refractivity contribution in [3.05, 3.63) is 35.6 Å². The first-order chi connectivity index (χ1) is 7.78. The van der Waals surface area contributed by atoms with Crippen molar-refractivity contribution >= 4 is 11.6 Å². The van der Waals surface area contributed by atoms with Crippen LogP contribution in [0.5, 0.6) is 0 Å². The molecule has 17 heavy (non-hydrogen) atoms. The van der Waals surface area contributed by atoms with Gasteiger partial charge >= 0.3 is 0 Å². The van der Waals surface area contributed by atoms with Gasteiger partial charge < -0.3 is 0 Å². The van der Waals surface area contributed by atoms with Crippen LogP contribution in [0.2, 0.25) is 0 Å². The van der Waals surface area contributed by atoms with Gasteiger partial charge in [0, 0.05) is 0 Å². The predicted octanol–water partition coefficient (Wildman–Crippen LogP) is 5.57. The fourth-order valence-corrected chi connectivity index (χ4v) is 2.74. The highest BCUT2D eigenvalue weighted by Gasteiger charge is 2.18. The Labute approximate surface area is 109 Å². The maximum Gasteiger partial charge on any atom is 0.123 e. The van der Waals surface area contributed by atoms with Crippen LogP contribution >= 0.6 is 11.6 Å². The van der Waals surface area contributed by atoms with Gasteiger partial charge in [0.15, 0.2) is 0 Å². The van der Waals surface area contributed by atoms with Crippen LogP contribution in [0.1, 0.15) is 51.5 Å². The summed E-state index contributed by atoms with van der Waals surface area (Å²) in [5.74, 6) is 0.364. The molecular formula is C15H22ClF. The summed E-state index contributed by atoms with van der Waals surface area (Å²) in [5.41, 5.74) is 1.34. The molecule has 2 heteroatoms. The van der Waals surface area contributed by atoms with Gasteiger partial charge in [0.1, 0.15) is 5.82 Å². The minimum atomic E-state index is -0.208.